The number of hydrogen-bond donors (Lipinski definition) is 0. The topological polar surface area (TPSA) is 37.4 Å². The Morgan fingerprint density at radius 1 is 1.44 bits per heavy atom. The lowest BCUT2D eigenvalue weighted by molar-refractivity contribution is -0.134. The maximum Gasteiger partial charge on any atom is 0.232 e. The van der Waals surface area contributed by atoms with Crippen LogP contribution in [-0.2, 0) is 9.59 Å². The largest absolute Gasteiger partial charge is 0.327 e. The van der Waals surface area contributed by atoms with Crippen LogP contribution in [0.4, 0.5) is 0 Å². The summed E-state index contributed by atoms with van der Waals surface area (Å²) in [6.07, 6.45) is 0.596. The Labute approximate surface area is 55.7 Å². The van der Waals surface area contributed by atoms with Crippen molar-refractivity contribution in [3.8, 4) is 0 Å². The first kappa shape index (κ1) is 6.69. The summed E-state index contributed by atoms with van der Waals surface area (Å²) in [5.74, 6) is -0.0325. The highest BCUT2D eigenvalue weighted by Crippen LogP contribution is 2.10. The van der Waals surface area contributed by atoms with E-state index in [-0.39, 0.29) is 18.1 Å². The number of amides is 1. The minimum atomic E-state index is -0.0868. The van der Waals surface area contributed by atoms with Gasteiger partial charge in [0.1, 0.15) is 5.78 Å². The minimum Gasteiger partial charge on any atom is -0.327 e. The van der Waals surface area contributed by atoms with E-state index in [0.717, 1.165) is 0 Å². The summed E-state index contributed by atoms with van der Waals surface area (Å²) in [4.78, 5) is 21.3. The average Bonchev–Trinajstić information content (AvgIpc) is 1.80. The fraction of sp³-hybridized carbons (Fsp3) is 0.600. The van der Waals surface area contributed by atoms with Crippen molar-refractivity contribution in [2.75, 3.05) is 6.54 Å². The Balaban J connectivity index is 2.54. The van der Waals surface area contributed by atoms with Crippen LogP contribution < -0.4 is 0 Å². The van der Waals surface area contributed by atoms with Crippen molar-refractivity contribution in [2.45, 2.75) is 12.8 Å². The summed E-state index contributed by atoms with van der Waals surface area (Å²) in [6, 6.07) is 0. The molecular formula is C5H8NO2P. The van der Waals surface area contributed by atoms with Crippen LogP contribution >= 0.6 is 9.39 Å². The predicted molar refractivity (Wildman–Crippen MR) is 35.7 cm³/mol. The third-order valence-corrected chi connectivity index (χ3v) is 1.85. The van der Waals surface area contributed by atoms with Crippen LogP contribution in [0.3, 0.4) is 0 Å². The highest BCUT2D eigenvalue weighted by atomic mass is 31.0. The number of nitrogens with zero attached hydrogens (tertiary/aromatic N) is 1. The van der Waals surface area contributed by atoms with Crippen molar-refractivity contribution >= 4 is 21.1 Å². The summed E-state index contributed by atoms with van der Waals surface area (Å²) in [6.45, 7) is 0.558. The Morgan fingerprint density at radius 3 is 2.56 bits per heavy atom. The van der Waals surface area contributed by atoms with Crippen LogP contribution in [0, 0.1) is 0 Å². The van der Waals surface area contributed by atoms with Crippen LogP contribution in [0.1, 0.15) is 12.8 Å². The molecule has 0 bridgehead atoms. The number of piperidine rings is 1. The highest BCUT2D eigenvalue weighted by molar-refractivity contribution is 7.14. The smallest absolute Gasteiger partial charge is 0.232 e. The van der Waals surface area contributed by atoms with E-state index >= 15 is 0 Å². The molecule has 0 aliphatic carbocycles. The van der Waals surface area contributed by atoms with Crippen molar-refractivity contribution in [1.82, 2.24) is 4.67 Å². The third kappa shape index (κ3) is 1.49. The molecule has 0 aromatic rings. The summed E-state index contributed by atoms with van der Waals surface area (Å²) < 4.78 is 1.50. The average molecular weight is 145 g/mol. The molecule has 1 atom stereocenters. The Kier molecular flexibility index (Phi) is 1.81. The second-order valence-electron chi connectivity index (χ2n) is 2.05. The molecule has 1 aliphatic heterocycles. The van der Waals surface area contributed by atoms with E-state index in [0.29, 0.717) is 13.0 Å². The molecule has 4 heteroatoms. The first-order chi connectivity index (χ1) is 4.20. The zero-order valence-corrected chi connectivity index (χ0v) is 6.12. The number of Topliss-reactive ketones (excluding diaryl/α,β-unsaturated/α-hetero) is 1. The molecule has 0 aromatic heterocycles. The molecule has 1 saturated heterocycles. The summed E-state index contributed by atoms with van der Waals surface area (Å²) in [5, 5.41) is 0. The van der Waals surface area contributed by atoms with Crippen molar-refractivity contribution in [2.24, 2.45) is 0 Å². The lowest BCUT2D eigenvalue weighted by atomic mass is 10.1. The van der Waals surface area contributed by atoms with Gasteiger partial charge in [0, 0.05) is 13.0 Å². The number of rotatable bonds is 0. The van der Waals surface area contributed by atoms with E-state index in [1.807, 2.05) is 0 Å². The Bertz CT molecular complexity index is 157. The maximum absolute atomic E-state index is 10.7. The van der Waals surface area contributed by atoms with Gasteiger partial charge in [-0.2, -0.15) is 0 Å². The highest BCUT2D eigenvalue weighted by Gasteiger charge is 2.19. The number of ketones is 1. The summed E-state index contributed by atoms with van der Waals surface area (Å²) in [7, 11) is 2.29. The van der Waals surface area contributed by atoms with Crippen molar-refractivity contribution in [3.05, 3.63) is 0 Å². The van der Waals surface area contributed by atoms with Gasteiger partial charge in [-0.1, -0.05) is 0 Å². The molecular weight excluding hydrogens is 137 g/mol. The first-order valence-corrected chi connectivity index (χ1v) is 3.28. The van der Waals surface area contributed by atoms with Gasteiger partial charge in [0.2, 0.25) is 5.91 Å². The van der Waals surface area contributed by atoms with Gasteiger partial charge < -0.3 is 4.67 Å². The van der Waals surface area contributed by atoms with Gasteiger partial charge in [0.25, 0.3) is 0 Å². The molecule has 0 radical (unpaired) electrons. The molecule has 0 N–H and O–H groups in total. The zero-order chi connectivity index (χ0) is 6.85. The second kappa shape index (κ2) is 2.44. The summed E-state index contributed by atoms with van der Waals surface area (Å²) in [5.41, 5.74) is 0. The lowest BCUT2D eigenvalue weighted by Gasteiger charge is -2.20. The van der Waals surface area contributed by atoms with Crippen LogP contribution in [-0.4, -0.2) is 22.9 Å². The van der Waals surface area contributed by atoms with E-state index in [1.165, 1.54) is 4.67 Å². The van der Waals surface area contributed by atoms with Crippen molar-refractivity contribution < 1.29 is 9.59 Å². The number of carbonyl (C=O) groups is 2. The normalized spacial score (nSPS) is 20.8. The molecule has 50 valence electrons. The van der Waals surface area contributed by atoms with Gasteiger partial charge in [-0.3, -0.25) is 9.59 Å². The number of carbonyl (C=O) groups excluding carboxylic acids is 2. The molecule has 0 saturated carbocycles. The molecule has 1 aliphatic rings. The van der Waals surface area contributed by atoms with Crippen LogP contribution in [0.2, 0.25) is 0 Å². The second-order valence-corrected chi connectivity index (χ2v) is 2.68. The van der Waals surface area contributed by atoms with E-state index in [9.17, 15) is 9.59 Å². The maximum atomic E-state index is 10.7. The fourth-order valence-electron chi connectivity index (χ4n) is 0.728. The molecule has 1 fully saturated rings. The Morgan fingerprint density at radius 2 is 2.11 bits per heavy atom. The van der Waals surface area contributed by atoms with Crippen molar-refractivity contribution in [3.63, 3.8) is 0 Å². The Hall–Kier alpha value is -0.430. The van der Waals surface area contributed by atoms with Gasteiger partial charge in [0.05, 0.1) is 6.42 Å². The van der Waals surface area contributed by atoms with E-state index in [1.54, 1.807) is 0 Å². The van der Waals surface area contributed by atoms with Crippen LogP contribution in [0.5, 0.6) is 0 Å². The van der Waals surface area contributed by atoms with Gasteiger partial charge in [-0.15, -0.1) is 0 Å². The zero-order valence-electron chi connectivity index (χ0n) is 4.96. The van der Waals surface area contributed by atoms with Crippen LogP contribution in [0.15, 0.2) is 0 Å². The predicted octanol–water partition coefficient (Wildman–Crippen LogP) is -0.0320. The molecule has 1 amide bonds. The minimum absolute atomic E-state index is 0.0544. The molecule has 9 heavy (non-hydrogen) atoms. The molecule has 0 aromatic carbocycles. The van der Waals surface area contributed by atoms with E-state index in [4.69, 9.17) is 0 Å². The van der Waals surface area contributed by atoms with Gasteiger partial charge in [0.15, 0.2) is 0 Å². The van der Waals surface area contributed by atoms with Gasteiger partial charge in [-0.05, 0) is 9.39 Å². The van der Waals surface area contributed by atoms with E-state index < -0.39 is 0 Å². The molecule has 3 nitrogen and oxygen atoms in total. The first-order valence-electron chi connectivity index (χ1n) is 2.77. The quantitative estimate of drug-likeness (QED) is 0.354. The monoisotopic (exact) mass is 145 g/mol. The summed E-state index contributed by atoms with van der Waals surface area (Å²) >= 11 is 0. The van der Waals surface area contributed by atoms with Gasteiger partial charge in [-0.25, -0.2) is 0 Å². The molecule has 1 rings (SSSR count). The SMILES string of the molecule is O=C1CCN(P)C(=O)C1. The number of hydrogen-bond acceptors (Lipinski definition) is 2. The van der Waals surface area contributed by atoms with Crippen molar-refractivity contribution in [1.29, 1.82) is 0 Å². The standard InChI is InChI=1S/C5H8NO2P/c7-4-1-2-6(9)5(8)3-4/h1-3,9H2. The third-order valence-electron chi connectivity index (χ3n) is 1.30. The fourth-order valence-corrected chi connectivity index (χ4v) is 0.949. The van der Waals surface area contributed by atoms with Gasteiger partial charge >= 0.3 is 0 Å². The lowest BCUT2D eigenvalue weighted by Crippen LogP contribution is -2.31. The van der Waals surface area contributed by atoms with E-state index in [2.05, 4.69) is 9.39 Å². The molecule has 1 unspecified atom stereocenters. The van der Waals surface area contributed by atoms with Crippen LogP contribution in [0.25, 0.3) is 0 Å². The molecule has 0 spiro atoms. The molecule has 1 heterocycles.